The summed E-state index contributed by atoms with van der Waals surface area (Å²) in [4.78, 5) is 13.9. The molecule has 5 nitrogen and oxygen atoms in total. The van der Waals surface area contributed by atoms with Crippen LogP contribution >= 0.6 is 0 Å². The average Bonchev–Trinajstić information content (AvgIpc) is 3.16. The van der Waals surface area contributed by atoms with Crippen molar-refractivity contribution >= 4 is 16.9 Å². The van der Waals surface area contributed by atoms with E-state index in [1.165, 1.54) is 6.33 Å². The van der Waals surface area contributed by atoms with E-state index < -0.39 is 11.7 Å². The number of nitrogens with zero attached hydrogens (tertiary/aromatic N) is 3. The Bertz CT molecular complexity index is 924. The first-order valence-electron chi connectivity index (χ1n) is 8.84. The summed E-state index contributed by atoms with van der Waals surface area (Å²) in [5.74, 6) is 0.874. The lowest BCUT2D eigenvalue weighted by Gasteiger charge is -2.42. The van der Waals surface area contributed by atoms with Crippen molar-refractivity contribution in [3.05, 3.63) is 54.0 Å². The Morgan fingerprint density at radius 1 is 1.07 bits per heavy atom. The second-order valence-electron chi connectivity index (χ2n) is 6.98. The van der Waals surface area contributed by atoms with E-state index >= 15 is 0 Å². The van der Waals surface area contributed by atoms with Crippen LogP contribution in [0.15, 0.2) is 42.9 Å². The van der Waals surface area contributed by atoms with E-state index in [1.807, 2.05) is 12.3 Å². The molecule has 0 unspecified atom stereocenters. The number of aromatic amines is 1. The normalized spacial score (nSPS) is 17.4. The van der Waals surface area contributed by atoms with Crippen molar-refractivity contribution in [1.82, 2.24) is 15.0 Å². The average molecular weight is 375 g/mol. The summed E-state index contributed by atoms with van der Waals surface area (Å²) >= 11 is 0. The van der Waals surface area contributed by atoms with Crippen molar-refractivity contribution < 1.29 is 13.2 Å². The van der Waals surface area contributed by atoms with Crippen LogP contribution in [0.1, 0.15) is 24.0 Å². The zero-order chi connectivity index (χ0) is 19.1. The summed E-state index contributed by atoms with van der Waals surface area (Å²) < 4.78 is 38.5. The number of halogens is 3. The van der Waals surface area contributed by atoms with Gasteiger partial charge < -0.3 is 15.6 Å². The van der Waals surface area contributed by atoms with Crippen LogP contribution < -0.4 is 10.6 Å². The first kappa shape index (κ1) is 17.8. The van der Waals surface area contributed by atoms with Crippen LogP contribution in [0.25, 0.3) is 11.0 Å². The van der Waals surface area contributed by atoms with Gasteiger partial charge in [0, 0.05) is 31.2 Å². The van der Waals surface area contributed by atoms with Gasteiger partial charge in [0.15, 0.2) is 0 Å². The minimum Gasteiger partial charge on any atom is -0.356 e. The molecule has 142 valence electrons. The Morgan fingerprint density at radius 2 is 1.78 bits per heavy atom. The lowest BCUT2D eigenvalue weighted by molar-refractivity contribution is -0.137. The number of H-pyrrole nitrogens is 1. The molecule has 2 aromatic heterocycles. The lowest BCUT2D eigenvalue weighted by Crippen LogP contribution is -2.47. The summed E-state index contributed by atoms with van der Waals surface area (Å²) in [6.07, 6.45) is 0.552. The number of alkyl halides is 3. The van der Waals surface area contributed by atoms with Crippen molar-refractivity contribution in [3.63, 3.8) is 0 Å². The highest BCUT2D eigenvalue weighted by Gasteiger charge is 2.37. The van der Waals surface area contributed by atoms with Gasteiger partial charge in [-0.1, -0.05) is 12.1 Å². The lowest BCUT2D eigenvalue weighted by atomic mass is 9.72. The van der Waals surface area contributed by atoms with E-state index in [0.29, 0.717) is 6.54 Å². The number of anilines is 1. The van der Waals surface area contributed by atoms with Crippen LogP contribution in [0.2, 0.25) is 0 Å². The fourth-order valence-electron chi connectivity index (χ4n) is 3.88. The van der Waals surface area contributed by atoms with Crippen LogP contribution in [-0.2, 0) is 11.6 Å². The maximum absolute atomic E-state index is 12.8. The zero-order valence-electron chi connectivity index (χ0n) is 14.6. The van der Waals surface area contributed by atoms with E-state index in [0.717, 1.165) is 60.5 Å². The molecule has 1 aromatic carbocycles. The highest BCUT2D eigenvalue weighted by molar-refractivity contribution is 5.87. The van der Waals surface area contributed by atoms with Gasteiger partial charge in [0.05, 0.1) is 10.9 Å². The maximum Gasteiger partial charge on any atom is 0.416 e. The molecule has 0 atom stereocenters. The first-order chi connectivity index (χ1) is 12.9. The summed E-state index contributed by atoms with van der Waals surface area (Å²) in [6, 6.07) is 7.38. The van der Waals surface area contributed by atoms with Crippen molar-refractivity contribution in [2.45, 2.75) is 24.4 Å². The monoisotopic (exact) mass is 375 g/mol. The Kier molecular flexibility index (Phi) is 4.30. The quantitative estimate of drug-likeness (QED) is 0.735. The van der Waals surface area contributed by atoms with Crippen molar-refractivity contribution in [3.8, 4) is 0 Å². The number of piperidine rings is 1. The van der Waals surface area contributed by atoms with Crippen molar-refractivity contribution in [2.24, 2.45) is 5.73 Å². The molecule has 3 N–H and O–H groups in total. The van der Waals surface area contributed by atoms with E-state index in [9.17, 15) is 13.2 Å². The van der Waals surface area contributed by atoms with E-state index in [4.69, 9.17) is 5.73 Å². The van der Waals surface area contributed by atoms with Gasteiger partial charge in [0.25, 0.3) is 0 Å². The van der Waals surface area contributed by atoms with Gasteiger partial charge in [-0.3, -0.25) is 0 Å². The van der Waals surface area contributed by atoms with Crippen LogP contribution in [0.3, 0.4) is 0 Å². The Hall–Kier alpha value is -2.61. The molecular formula is C19H20F3N5. The third-order valence-corrected chi connectivity index (χ3v) is 5.57. The number of nitrogens with two attached hydrogens (primary N) is 1. The predicted octanol–water partition coefficient (Wildman–Crippen LogP) is 3.47. The molecule has 0 saturated carbocycles. The van der Waals surface area contributed by atoms with Gasteiger partial charge in [-0.05, 0) is 36.6 Å². The number of aromatic nitrogens is 3. The largest absolute Gasteiger partial charge is 0.416 e. The van der Waals surface area contributed by atoms with Gasteiger partial charge in [0.2, 0.25) is 0 Å². The van der Waals surface area contributed by atoms with Gasteiger partial charge in [0.1, 0.15) is 17.8 Å². The molecular weight excluding hydrogens is 355 g/mol. The maximum atomic E-state index is 12.8. The highest BCUT2D eigenvalue weighted by atomic mass is 19.4. The minimum absolute atomic E-state index is 0.315. The van der Waals surface area contributed by atoms with Crippen LogP contribution in [0.4, 0.5) is 19.0 Å². The molecule has 1 aliphatic heterocycles. The number of hydrogen-bond acceptors (Lipinski definition) is 4. The topological polar surface area (TPSA) is 70.8 Å². The van der Waals surface area contributed by atoms with Crippen molar-refractivity contribution in [1.29, 1.82) is 0 Å². The summed E-state index contributed by atoms with van der Waals surface area (Å²) in [6.45, 7) is 1.86. The molecule has 1 saturated heterocycles. The second-order valence-corrected chi connectivity index (χ2v) is 6.98. The van der Waals surface area contributed by atoms with E-state index in [2.05, 4.69) is 19.9 Å². The second kappa shape index (κ2) is 6.53. The molecule has 0 spiro atoms. The number of hydrogen-bond donors (Lipinski definition) is 2. The Balaban J connectivity index is 1.56. The predicted molar refractivity (Wildman–Crippen MR) is 97.5 cm³/mol. The fourth-order valence-corrected chi connectivity index (χ4v) is 3.88. The number of rotatable bonds is 3. The van der Waals surface area contributed by atoms with Crippen molar-refractivity contribution in [2.75, 3.05) is 24.5 Å². The highest BCUT2D eigenvalue weighted by Crippen LogP contribution is 2.38. The number of benzene rings is 1. The Labute approximate surface area is 154 Å². The van der Waals surface area contributed by atoms with Crippen LogP contribution in [0, 0.1) is 0 Å². The molecule has 8 heteroatoms. The smallest absolute Gasteiger partial charge is 0.356 e. The standard InChI is InChI=1S/C19H20F3N5/c20-19(21,22)14-3-1-13(2-4-14)18(11-23)6-9-27(10-7-18)17-15-5-8-24-16(15)25-12-26-17/h1-5,8,12H,6-7,9-11,23H2,(H,24,25,26). The number of fused-ring (bicyclic) bond motifs is 1. The molecule has 3 aromatic rings. The first-order valence-corrected chi connectivity index (χ1v) is 8.84. The SMILES string of the molecule is NCC1(c2ccc(C(F)(F)F)cc2)CCN(c2ncnc3[nH]ccc23)CC1. The molecule has 3 heterocycles. The van der Waals surface area contributed by atoms with Crippen LogP contribution in [-0.4, -0.2) is 34.6 Å². The minimum atomic E-state index is -4.33. The molecule has 0 aliphatic carbocycles. The molecule has 27 heavy (non-hydrogen) atoms. The van der Waals surface area contributed by atoms with E-state index in [1.54, 1.807) is 12.1 Å². The third-order valence-electron chi connectivity index (χ3n) is 5.57. The molecule has 0 bridgehead atoms. The fraction of sp³-hybridized carbons (Fsp3) is 0.368. The Morgan fingerprint density at radius 3 is 2.41 bits per heavy atom. The molecule has 1 fully saturated rings. The van der Waals surface area contributed by atoms with Gasteiger partial charge in [-0.2, -0.15) is 13.2 Å². The molecule has 1 aliphatic rings. The van der Waals surface area contributed by atoms with Gasteiger partial charge in [-0.15, -0.1) is 0 Å². The molecule has 0 amide bonds. The molecule has 0 radical (unpaired) electrons. The number of nitrogens with one attached hydrogen (secondary N) is 1. The summed E-state index contributed by atoms with van der Waals surface area (Å²) in [7, 11) is 0. The zero-order valence-corrected chi connectivity index (χ0v) is 14.6. The van der Waals surface area contributed by atoms with Crippen LogP contribution in [0.5, 0.6) is 0 Å². The van der Waals surface area contributed by atoms with Gasteiger partial charge in [-0.25, -0.2) is 9.97 Å². The third kappa shape index (κ3) is 3.14. The van der Waals surface area contributed by atoms with E-state index in [-0.39, 0.29) is 5.41 Å². The summed E-state index contributed by atoms with van der Waals surface area (Å²) in [5.41, 5.74) is 6.79. The van der Waals surface area contributed by atoms with Gasteiger partial charge >= 0.3 is 6.18 Å². The summed E-state index contributed by atoms with van der Waals surface area (Å²) in [5, 5.41) is 0.965. The molecule has 4 rings (SSSR count).